The first-order chi connectivity index (χ1) is 3.15. The van der Waals surface area contributed by atoms with E-state index in [0.717, 1.165) is 4.78 Å². The largest absolute Gasteiger partial charge is 0.324 e. The highest BCUT2D eigenvalue weighted by atomic mass is 31.1. The van der Waals surface area contributed by atoms with Crippen LogP contribution in [0.5, 0.6) is 0 Å². The highest BCUT2D eigenvalue weighted by Crippen LogP contribution is 1.84. The van der Waals surface area contributed by atoms with Gasteiger partial charge in [0.25, 0.3) is 0 Å². The summed E-state index contributed by atoms with van der Waals surface area (Å²) in [5, 5.41) is 0. The summed E-state index contributed by atoms with van der Waals surface area (Å²) in [6.45, 7) is 4.46. The Bertz CT molecular complexity index is 37.2. The van der Waals surface area contributed by atoms with Crippen LogP contribution >= 0.6 is 8.69 Å². The van der Waals surface area contributed by atoms with Crippen molar-refractivity contribution in [1.82, 2.24) is 0 Å². The van der Waals surface area contributed by atoms with Gasteiger partial charge in [0, 0.05) is 0 Å². The maximum atomic E-state index is 8.46. The summed E-state index contributed by atoms with van der Waals surface area (Å²) in [6, 6.07) is 0. The molecule has 0 saturated carbocycles. The van der Waals surface area contributed by atoms with Crippen molar-refractivity contribution in [2.75, 3.05) is 0 Å². The van der Waals surface area contributed by atoms with E-state index >= 15 is 0 Å². The Morgan fingerprint density at radius 2 is 1.71 bits per heavy atom. The lowest BCUT2D eigenvalue weighted by molar-refractivity contribution is 0.524. The summed E-state index contributed by atoms with van der Waals surface area (Å²) >= 11 is 1.35. The Balaban J connectivity index is 0. The first-order valence-corrected chi connectivity index (χ1v) is 4.03. The van der Waals surface area contributed by atoms with E-state index in [1.54, 1.807) is 0 Å². The Morgan fingerprint density at radius 1 is 1.71 bits per heavy atom. The van der Waals surface area contributed by atoms with E-state index in [2.05, 4.69) is 13.8 Å². The molecular weight excluding hydrogens is 126 g/mol. The molecule has 0 bridgehead atoms. The molecule has 0 aliphatic rings. The number of rotatable bonds is 0. The van der Waals surface area contributed by atoms with Crippen molar-refractivity contribution in [3.8, 4) is 0 Å². The van der Waals surface area contributed by atoms with Crippen molar-refractivity contribution in [2.24, 2.45) is 0 Å². The van der Waals surface area contributed by atoms with Gasteiger partial charge in [-0.25, -0.2) is 4.57 Å². The third kappa shape index (κ3) is 396. The second kappa shape index (κ2) is 9.78. The van der Waals surface area contributed by atoms with Gasteiger partial charge in [-0.3, -0.25) is 0 Å². The normalized spacial score (nSPS) is 8.00. The van der Waals surface area contributed by atoms with Gasteiger partial charge in [0.15, 0.2) is 0 Å². The summed E-state index contributed by atoms with van der Waals surface area (Å²) in [7, 11) is -0.833. The minimum absolute atomic E-state index is 0.833. The molecule has 0 aromatic rings. The highest BCUT2D eigenvalue weighted by Gasteiger charge is 1.70. The summed E-state index contributed by atoms with van der Waals surface area (Å²) in [5.41, 5.74) is 0. The molecule has 0 spiro atoms. The second-order valence-electron chi connectivity index (χ2n) is 1.81. The van der Waals surface area contributed by atoms with E-state index in [9.17, 15) is 0 Å². The van der Waals surface area contributed by atoms with E-state index in [1.807, 2.05) is 0 Å². The van der Waals surface area contributed by atoms with Gasteiger partial charge in [-0.1, -0.05) is 18.6 Å². The first-order valence-electron chi connectivity index (χ1n) is 2.11. The fraction of sp³-hybridized carbons (Fsp3) is 1.00. The van der Waals surface area contributed by atoms with Crippen molar-refractivity contribution in [2.45, 2.75) is 18.6 Å². The SMILES string of the molecule is C[CH](C)[AlH2].O=PO. The Labute approximate surface area is 53.6 Å². The summed E-state index contributed by atoms with van der Waals surface area (Å²) in [4.78, 5) is 6.99. The van der Waals surface area contributed by atoms with Gasteiger partial charge in [-0.05, 0) is 0 Å². The number of hydrogen-bond donors (Lipinski definition) is 1. The van der Waals surface area contributed by atoms with Crippen LogP contribution in [0.4, 0.5) is 0 Å². The van der Waals surface area contributed by atoms with E-state index in [-0.39, 0.29) is 0 Å². The fourth-order valence-corrected chi connectivity index (χ4v) is 0. The average molecular weight is 136 g/mol. The minimum atomic E-state index is -0.833. The van der Waals surface area contributed by atoms with Gasteiger partial charge in [0.2, 0.25) is 16.3 Å². The smallest absolute Gasteiger partial charge is 0.310 e. The van der Waals surface area contributed by atoms with E-state index in [4.69, 9.17) is 9.46 Å². The molecule has 0 heterocycles. The summed E-state index contributed by atoms with van der Waals surface area (Å²) in [6.07, 6.45) is 0. The van der Waals surface area contributed by atoms with Gasteiger partial charge in [0.1, 0.15) is 0 Å². The molecule has 0 saturated heterocycles. The zero-order chi connectivity index (χ0) is 6.28. The number of hydrogen-bond acceptors (Lipinski definition) is 1. The standard InChI is InChI=1S/C3H7.Al.HO2P.2H/c1-3-2;;1-3-2;;/h3H,1-2H3;;(H,1,2);;. The lowest BCUT2D eigenvalue weighted by Gasteiger charge is -1.77. The molecule has 0 fully saturated rings. The molecule has 0 aliphatic carbocycles. The van der Waals surface area contributed by atoms with Crippen LogP contribution in [0.2, 0.25) is 4.78 Å². The summed E-state index contributed by atoms with van der Waals surface area (Å²) in [5.74, 6) is 0. The molecule has 0 rings (SSSR count). The monoisotopic (exact) mass is 136 g/mol. The molecule has 0 radical (unpaired) electrons. The molecular formula is C3H10AlO2P. The quantitative estimate of drug-likeness (QED) is 0.391. The minimum Gasteiger partial charge on any atom is -0.310 e. The van der Waals surface area contributed by atoms with Crippen LogP contribution in [0.25, 0.3) is 0 Å². The second-order valence-corrected chi connectivity index (χ2v) is 4.29. The first kappa shape index (κ1) is 10.6. The van der Waals surface area contributed by atoms with Crippen molar-refractivity contribution in [1.29, 1.82) is 0 Å². The lowest BCUT2D eigenvalue weighted by atomic mass is 10.6. The van der Waals surface area contributed by atoms with Crippen molar-refractivity contribution < 1.29 is 9.46 Å². The van der Waals surface area contributed by atoms with E-state index in [1.165, 1.54) is 16.3 Å². The van der Waals surface area contributed by atoms with Crippen molar-refractivity contribution in [3.05, 3.63) is 0 Å². The maximum Gasteiger partial charge on any atom is 0.324 e. The third-order valence-electron chi connectivity index (χ3n) is 0. The maximum absolute atomic E-state index is 8.46. The fourth-order valence-electron chi connectivity index (χ4n) is 0. The van der Waals surface area contributed by atoms with E-state index in [0.29, 0.717) is 0 Å². The van der Waals surface area contributed by atoms with Gasteiger partial charge < -0.3 is 4.89 Å². The van der Waals surface area contributed by atoms with Crippen molar-refractivity contribution >= 4 is 25.0 Å². The Morgan fingerprint density at radius 3 is 1.71 bits per heavy atom. The molecule has 42 valence electrons. The molecule has 0 aromatic heterocycles. The van der Waals surface area contributed by atoms with Gasteiger partial charge in [0.05, 0.1) is 0 Å². The molecule has 0 unspecified atom stereocenters. The van der Waals surface area contributed by atoms with Gasteiger partial charge in [-0.2, -0.15) is 0 Å². The zero-order valence-corrected chi connectivity index (χ0v) is 7.77. The summed E-state index contributed by atoms with van der Waals surface area (Å²) < 4.78 is 9.43. The van der Waals surface area contributed by atoms with Crippen LogP contribution in [0.1, 0.15) is 13.8 Å². The van der Waals surface area contributed by atoms with Crippen molar-refractivity contribution in [3.63, 3.8) is 0 Å². The molecule has 2 nitrogen and oxygen atoms in total. The topological polar surface area (TPSA) is 37.3 Å². The average Bonchev–Trinajstić information content (AvgIpc) is 1.33. The Kier molecular flexibility index (Phi) is 14.7. The molecule has 0 amide bonds. The van der Waals surface area contributed by atoms with E-state index < -0.39 is 8.69 Å². The van der Waals surface area contributed by atoms with Crippen LogP contribution in [-0.4, -0.2) is 21.2 Å². The third-order valence-corrected chi connectivity index (χ3v) is 0. The highest BCUT2D eigenvalue weighted by molar-refractivity contribution is 7.16. The van der Waals surface area contributed by atoms with Gasteiger partial charge in [-0.15, -0.1) is 0 Å². The van der Waals surface area contributed by atoms with Crippen LogP contribution in [0, 0.1) is 0 Å². The molecule has 0 aromatic carbocycles. The predicted molar refractivity (Wildman–Crippen MR) is 33.5 cm³/mol. The van der Waals surface area contributed by atoms with Crippen LogP contribution in [-0.2, 0) is 4.57 Å². The molecule has 7 heavy (non-hydrogen) atoms. The van der Waals surface area contributed by atoms with Crippen LogP contribution < -0.4 is 0 Å². The van der Waals surface area contributed by atoms with Crippen LogP contribution in [0.15, 0.2) is 0 Å². The molecule has 0 aliphatic heterocycles. The molecule has 4 heteroatoms. The predicted octanol–water partition coefficient (Wildman–Crippen LogP) is 0.633. The lowest BCUT2D eigenvalue weighted by Crippen LogP contribution is -1.67. The Hall–Kier alpha value is 0.592. The van der Waals surface area contributed by atoms with Crippen LogP contribution in [0.3, 0.4) is 0 Å². The molecule has 1 N–H and O–H groups in total. The molecule has 0 atom stereocenters. The van der Waals surface area contributed by atoms with Gasteiger partial charge >= 0.3 is 8.69 Å². The zero-order valence-electron chi connectivity index (χ0n) is 4.88.